The van der Waals surface area contributed by atoms with Gasteiger partial charge in [-0.1, -0.05) is 6.92 Å². The highest BCUT2D eigenvalue weighted by molar-refractivity contribution is 5.75. The zero-order valence-corrected chi connectivity index (χ0v) is 11.7. The van der Waals surface area contributed by atoms with E-state index in [-0.39, 0.29) is 12.4 Å². The molecule has 0 radical (unpaired) electrons. The number of benzene rings is 1. The van der Waals surface area contributed by atoms with Crippen LogP contribution in [-0.4, -0.2) is 22.9 Å². The number of carbonyl (C=O) groups excluding carboxylic acids is 1. The molecule has 0 unspecified atom stereocenters. The highest BCUT2D eigenvalue weighted by atomic mass is 35.5. The maximum absolute atomic E-state index is 10.8. The SMILES string of the molecule is CCc1nccn1Cc1cc(C=O)ccc1OC.[Cl-]. The van der Waals surface area contributed by atoms with Crippen LogP contribution in [0.4, 0.5) is 0 Å². The number of nitrogens with zero attached hydrogens (tertiary/aromatic N) is 2. The highest BCUT2D eigenvalue weighted by Crippen LogP contribution is 2.21. The molecule has 0 amide bonds. The van der Waals surface area contributed by atoms with Crippen molar-refractivity contribution in [1.82, 2.24) is 9.55 Å². The Morgan fingerprint density at radius 1 is 1.42 bits per heavy atom. The lowest BCUT2D eigenvalue weighted by Gasteiger charge is -2.11. The van der Waals surface area contributed by atoms with E-state index in [2.05, 4.69) is 16.5 Å². The Bertz CT molecular complexity index is 552. The molecular weight excluding hydrogens is 264 g/mol. The van der Waals surface area contributed by atoms with E-state index in [4.69, 9.17) is 4.74 Å². The molecule has 102 valence electrons. The fourth-order valence-electron chi connectivity index (χ4n) is 1.98. The summed E-state index contributed by atoms with van der Waals surface area (Å²) in [5.41, 5.74) is 1.64. The first-order chi connectivity index (χ1) is 8.78. The predicted octanol–water partition coefficient (Wildman–Crippen LogP) is -0.681. The smallest absolute Gasteiger partial charge is 0.150 e. The topological polar surface area (TPSA) is 44.1 Å². The zero-order chi connectivity index (χ0) is 13.0. The van der Waals surface area contributed by atoms with Gasteiger partial charge in [-0.25, -0.2) is 4.98 Å². The van der Waals surface area contributed by atoms with E-state index in [0.29, 0.717) is 12.1 Å². The van der Waals surface area contributed by atoms with Crippen LogP contribution >= 0.6 is 0 Å². The van der Waals surface area contributed by atoms with Crippen LogP contribution in [0.2, 0.25) is 0 Å². The van der Waals surface area contributed by atoms with Gasteiger partial charge in [0.25, 0.3) is 0 Å². The lowest BCUT2D eigenvalue weighted by molar-refractivity contribution is -0.0000105. The Balaban J connectivity index is 0.00000180. The van der Waals surface area contributed by atoms with E-state index in [9.17, 15) is 4.79 Å². The fourth-order valence-corrected chi connectivity index (χ4v) is 1.98. The van der Waals surface area contributed by atoms with Crippen LogP contribution < -0.4 is 17.1 Å². The average Bonchev–Trinajstić information content (AvgIpc) is 2.86. The predicted molar refractivity (Wildman–Crippen MR) is 69.1 cm³/mol. The third kappa shape index (κ3) is 3.35. The molecular formula is C14H16ClN2O2-. The van der Waals surface area contributed by atoms with E-state index < -0.39 is 0 Å². The van der Waals surface area contributed by atoms with Crippen LogP contribution in [-0.2, 0) is 13.0 Å². The van der Waals surface area contributed by atoms with Gasteiger partial charge in [-0.15, -0.1) is 0 Å². The number of hydrogen-bond acceptors (Lipinski definition) is 3. The Morgan fingerprint density at radius 2 is 2.21 bits per heavy atom. The van der Waals surface area contributed by atoms with Crippen LogP contribution in [0.15, 0.2) is 30.6 Å². The minimum Gasteiger partial charge on any atom is -1.00 e. The minimum atomic E-state index is 0. The van der Waals surface area contributed by atoms with Crippen LogP contribution in [0.25, 0.3) is 0 Å². The number of rotatable bonds is 5. The molecule has 1 heterocycles. The lowest BCUT2D eigenvalue weighted by Crippen LogP contribution is -3.00. The van der Waals surface area contributed by atoms with Crippen molar-refractivity contribution in [3.63, 3.8) is 0 Å². The van der Waals surface area contributed by atoms with Gasteiger partial charge in [0.05, 0.1) is 13.7 Å². The summed E-state index contributed by atoms with van der Waals surface area (Å²) < 4.78 is 7.38. The van der Waals surface area contributed by atoms with Gasteiger partial charge in [0.1, 0.15) is 17.9 Å². The minimum absolute atomic E-state index is 0. The Morgan fingerprint density at radius 3 is 2.84 bits per heavy atom. The number of ether oxygens (including phenoxy) is 1. The van der Waals surface area contributed by atoms with Crippen molar-refractivity contribution in [3.8, 4) is 5.75 Å². The first-order valence-corrected chi connectivity index (χ1v) is 5.90. The van der Waals surface area contributed by atoms with Gasteiger partial charge in [-0.2, -0.15) is 0 Å². The number of aldehydes is 1. The van der Waals surface area contributed by atoms with Crippen molar-refractivity contribution >= 4 is 6.29 Å². The van der Waals surface area contributed by atoms with Gasteiger partial charge in [0, 0.05) is 29.9 Å². The molecule has 0 spiro atoms. The van der Waals surface area contributed by atoms with Crippen molar-refractivity contribution in [1.29, 1.82) is 0 Å². The second kappa shape index (κ2) is 6.95. The van der Waals surface area contributed by atoms with Crippen LogP contribution in [0, 0.1) is 0 Å². The molecule has 5 heteroatoms. The maximum Gasteiger partial charge on any atom is 0.150 e. The largest absolute Gasteiger partial charge is 1.00 e. The second-order valence-corrected chi connectivity index (χ2v) is 4.01. The molecule has 4 nitrogen and oxygen atoms in total. The normalized spacial score (nSPS) is 9.79. The molecule has 0 bridgehead atoms. The average molecular weight is 280 g/mol. The van der Waals surface area contributed by atoms with Crippen LogP contribution in [0.3, 0.4) is 0 Å². The molecule has 2 rings (SSSR count). The van der Waals surface area contributed by atoms with E-state index in [1.165, 1.54) is 0 Å². The Labute approximate surface area is 118 Å². The molecule has 0 fully saturated rings. The molecule has 0 aliphatic carbocycles. The number of carbonyl (C=O) groups is 1. The Hall–Kier alpha value is -1.81. The van der Waals surface area contributed by atoms with Gasteiger partial charge >= 0.3 is 0 Å². The van der Waals surface area contributed by atoms with Crippen molar-refractivity contribution in [3.05, 3.63) is 47.5 Å². The molecule has 0 saturated heterocycles. The number of hydrogen-bond donors (Lipinski definition) is 0. The standard InChI is InChI=1S/C14H16N2O2.ClH/c1-3-14-15-6-7-16(14)9-12-8-11(10-17)4-5-13(12)18-2;/h4-8,10H,3,9H2,1-2H3;1H/p-1. The van der Waals surface area contributed by atoms with Gasteiger partial charge in [-0.05, 0) is 18.2 Å². The first kappa shape index (κ1) is 15.2. The monoisotopic (exact) mass is 279 g/mol. The number of aryl methyl sites for hydroxylation is 1. The summed E-state index contributed by atoms with van der Waals surface area (Å²) in [5, 5.41) is 0. The Kier molecular flexibility index (Phi) is 5.57. The zero-order valence-electron chi connectivity index (χ0n) is 11.0. The first-order valence-electron chi connectivity index (χ1n) is 5.90. The molecule has 0 N–H and O–H groups in total. The van der Waals surface area contributed by atoms with Gasteiger partial charge in [0.15, 0.2) is 0 Å². The third-order valence-electron chi connectivity index (χ3n) is 2.90. The van der Waals surface area contributed by atoms with E-state index in [1.54, 1.807) is 19.4 Å². The van der Waals surface area contributed by atoms with Crippen molar-refractivity contribution in [2.24, 2.45) is 0 Å². The molecule has 0 saturated carbocycles. The maximum atomic E-state index is 10.8. The molecule has 0 aliphatic rings. The molecule has 1 aromatic carbocycles. The second-order valence-electron chi connectivity index (χ2n) is 4.01. The van der Waals surface area contributed by atoms with Crippen LogP contribution in [0.5, 0.6) is 5.75 Å². The fraction of sp³-hybridized carbons (Fsp3) is 0.286. The number of methoxy groups -OCH3 is 1. The number of aromatic nitrogens is 2. The van der Waals surface area contributed by atoms with Gasteiger partial charge < -0.3 is 21.7 Å². The summed E-state index contributed by atoms with van der Waals surface area (Å²) in [6.45, 7) is 2.73. The van der Waals surface area contributed by atoms with E-state index in [0.717, 1.165) is 29.8 Å². The van der Waals surface area contributed by atoms with Crippen molar-refractivity contribution in [2.45, 2.75) is 19.9 Å². The molecule has 2 aromatic rings. The summed E-state index contributed by atoms with van der Waals surface area (Å²) in [6.07, 6.45) is 5.45. The molecule has 0 atom stereocenters. The summed E-state index contributed by atoms with van der Waals surface area (Å²) in [5.74, 6) is 1.81. The molecule has 1 aromatic heterocycles. The highest BCUT2D eigenvalue weighted by Gasteiger charge is 2.07. The lowest BCUT2D eigenvalue weighted by atomic mass is 10.1. The molecule has 19 heavy (non-hydrogen) atoms. The summed E-state index contributed by atoms with van der Waals surface area (Å²) in [7, 11) is 1.63. The van der Waals surface area contributed by atoms with Gasteiger partial charge in [0.2, 0.25) is 0 Å². The number of imidazole rings is 1. The summed E-state index contributed by atoms with van der Waals surface area (Å²) >= 11 is 0. The van der Waals surface area contributed by atoms with E-state index in [1.807, 2.05) is 18.3 Å². The van der Waals surface area contributed by atoms with Crippen LogP contribution in [0.1, 0.15) is 28.7 Å². The quantitative estimate of drug-likeness (QED) is 0.681. The van der Waals surface area contributed by atoms with Gasteiger partial charge in [-0.3, -0.25) is 4.79 Å². The van der Waals surface area contributed by atoms with Crippen molar-refractivity contribution in [2.75, 3.05) is 7.11 Å². The number of halogens is 1. The molecule has 0 aliphatic heterocycles. The van der Waals surface area contributed by atoms with Crippen molar-refractivity contribution < 1.29 is 21.9 Å². The third-order valence-corrected chi connectivity index (χ3v) is 2.90. The summed E-state index contributed by atoms with van der Waals surface area (Å²) in [6, 6.07) is 5.43. The van der Waals surface area contributed by atoms with E-state index >= 15 is 0 Å². The summed E-state index contributed by atoms with van der Waals surface area (Å²) in [4.78, 5) is 15.1.